The van der Waals surface area contributed by atoms with Gasteiger partial charge in [0.05, 0.1) is 17.4 Å². The smallest absolute Gasteiger partial charge is 0.261 e. The van der Waals surface area contributed by atoms with Gasteiger partial charge in [0.2, 0.25) is 5.88 Å². The molecule has 1 fully saturated rings. The van der Waals surface area contributed by atoms with E-state index in [0.29, 0.717) is 35.8 Å². The van der Waals surface area contributed by atoms with Crippen LogP contribution in [-0.2, 0) is 11.3 Å². The van der Waals surface area contributed by atoms with Crippen molar-refractivity contribution in [2.75, 3.05) is 27.3 Å². The highest BCUT2D eigenvalue weighted by Crippen LogP contribution is 2.35. The van der Waals surface area contributed by atoms with Gasteiger partial charge in [-0.1, -0.05) is 0 Å². The second-order valence-corrected chi connectivity index (χ2v) is 6.82. The first-order valence-corrected chi connectivity index (χ1v) is 8.80. The number of carbonyl (C=O) groups excluding carboxylic acids is 1. The van der Waals surface area contributed by atoms with Crippen molar-refractivity contribution in [3.05, 3.63) is 16.3 Å². The highest BCUT2D eigenvalue weighted by Gasteiger charge is 2.22. The molecule has 3 rings (SSSR count). The molecule has 0 saturated carbocycles. The fourth-order valence-corrected chi connectivity index (χ4v) is 4.04. The Labute approximate surface area is 156 Å². The van der Waals surface area contributed by atoms with Gasteiger partial charge in [-0.25, -0.2) is 4.98 Å². The van der Waals surface area contributed by atoms with Gasteiger partial charge in [0.1, 0.15) is 11.4 Å². The van der Waals surface area contributed by atoms with E-state index in [9.17, 15) is 4.79 Å². The summed E-state index contributed by atoms with van der Waals surface area (Å²) >= 11 is 1.36. The summed E-state index contributed by atoms with van der Waals surface area (Å²) in [5, 5.41) is 7.19. The topological polar surface area (TPSA) is 85.4 Å². The Kier molecular flexibility index (Phi) is 6.95. The minimum atomic E-state index is -0.0699. The van der Waals surface area contributed by atoms with Gasteiger partial charge < -0.3 is 20.1 Å². The molecule has 2 aromatic heterocycles. The maximum atomic E-state index is 12.6. The molecule has 0 bridgehead atoms. The predicted molar refractivity (Wildman–Crippen MR) is 100 cm³/mol. The van der Waals surface area contributed by atoms with Crippen LogP contribution in [0.2, 0.25) is 0 Å². The summed E-state index contributed by atoms with van der Waals surface area (Å²) in [6.45, 7) is 3.88. The third-order valence-electron chi connectivity index (χ3n) is 4.15. The number of nitrogens with zero attached hydrogens (tertiary/aromatic N) is 2. The summed E-state index contributed by atoms with van der Waals surface area (Å²) in [5.41, 5.74) is 0.854. The number of aryl methyl sites for hydroxylation is 1. The number of rotatable bonds is 6. The third-order valence-corrected chi connectivity index (χ3v) is 5.33. The normalized spacial score (nSPS) is 16.7. The standard InChI is InChI=1S/C16H22N4O3S.ClH/c1-9-12-15(23-3)19-11(8-22-2)20-16(12)24-13(9)14(21)18-7-10-5-4-6-17-10;/h10,17H,4-8H2,1-3H3,(H,18,21);1H. The van der Waals surface area contributed by atoms with Crippen molar-refractivity contribution in [1.29, 1.82) is 0 Å². The van der Waals surface area contributed by atoms with Gasteiger partial charge >= 0.3 is 0 Å². The number of amides is 1. The van der Waals surface area contributed by atoms with Crippen LogP contribution < -0.4 is 15.4 Å². The van der Waals surface area contributed by atoms with Crippen LogP contribution in [0.3, 0.4) is 0 Å². The molecule has 1 aliphatic rings. The van der Waals surface area contributed by atoms with Gasteiger partial charge in [0.25, 0.3) is 5.91 Å². The second-order valence-electron chi connectivity index (χ2n) is 5.82. The Balaban J connectivity index is 0.00000225. The number of fused-ring (bicyclic) bond motifs is 1. The number of aromatic nitrogens is 2. The van der Waals surface area contributed by atoms with Gasteiger partial charge in [-0.15, -0.1) is 23.7 Å². The molecule has 1 amide bonds. The molecule has 2 aromatic rings. The molecule has 25 heavy (non-hydrogen) atoms. The molecular formula is C16H23ClN4O3S. The average Bonchev–Trinajstić information content (AvgIpc) is 3.20. The molecule has 2 N–H and O–H groups in total. The summed E-state index contributed by atoms with van der Waals surface area (Å²) in [5.74, 6) is 0.960. The van der Waals surface area contributed by atoms with Crippen LogP contribution in [0.1, 0.15) is 33.9 Å². The molecule has 3 heterocycles. The molecule has 1 aliphatic heterocycles. The third kappa shape index (κ3) is 4.20. The number of methoxy groups -OCH3 is 2. The van der Waals surface area contributed by atoms with Crippen molar-refractivity contribution in [3.63, 3.8) is 0 Å². The van der Waals surface area contributed by atoms with Crippen molar-refractivity contribution in [2.45, 2.75) is 32.4 Å². The zero-order valence-corrected chi connectivity index (χ0v) is 16.2. The Bertz CT molecular complexity index is 747. The lowest BCUT2D eigenvalue weighted by Gasteiger charge is -2.11. The first kappa shape index (κ1) is 19.8. The fraction of sp³-hybridized carbons (Fsp3) is 0.562. The van der Waals surface area contributed by atoms with Crippen molar-refractivity contribution >= 4 is 39.9 Å². The van der Waals surface area contributed by atoms with Gasteiger partial charge in [-0.3, -0.25) is 4.79 Å². The van der Waals surface area contributed by atoms with Crippen LogP contribution in [0.5, 0.6) is 5.88 Å². The highest BCUT2D eigenvalue weighted by atomic mass is 35.5. The molecule has 1 unspecified atom stereocenters. The Morgan fingerprint density at radius 2 is 2.20 bits per heavy atom. The van der Waals surface area contributed by atoms with Crippen molar-refractivity contribution < 1.29 is 14.3 Å². The minimum Gasteiger partial charge on any atom is -0.480 e. The molecule has 0 spiro atoms. The summed E-state index contributed by atoms with van der Waals surface area (Å²) in [7, 11) is 3.16. The Hall–Kier alpha value is -1.48. The molecule has 138 valence electrons. The molecule has 7 nitrogen and oxygen atoms in total. The summed E-state index contributed by atoms with van der Waals surface area (Å²) in [6.07, 6.45) is 2.27. The van der Waals surface area contributed by atoms with E-state index in [1.807, 2.05) is 6.92 Å². The molecule has 0 aliphatic carbocycles. The van der Waals surface area contributed by atoms with Crippen LogP contribution in [0.25, 0.3) is 10.2 Å². The van der Waals surface area contributed by atoms with E-state index in [1.54, 1.807) is 14.2 Å². The lowest BCUT2D eigenvalue weighted by molar-refractivity contribution is 0.0954. The van der Waals surface area contributed by atoms with E-state index >= 15 is 0 Å². The monoisotopic (exact) mass is 386 g/mol. The maximum absolute atomic E-state index is 12.6. The van der Waals surface area contributed by atoms with Gasteiger partial charge in [-0.2, -0.15) is 4.98 Å². The number of carbonyl (C=O) groups is 1. The largest absolute Gasteiger partial charge is 0.480 e. The Morgan fingerprint density at radius 3 is 2.84 bits per heavy atom. The first-order valence-electron chi connectivity index (χ1n) is 7.98. The van der Waals surface area contributed by atoms with E-state index < -0.39 is 0 Å². The summed E-state index contributed by atoms with van der Waals surface area (Å²) in [6, 6.07) is 0.367. The lowest BCUT2D eigenvalue weighted by atomic mass is 10.2. The number of hydrogen-bond donors (Lipinski definition) is 2. The van der Waals surface area contributed by atoms with Crippen LogP contribution >= 0.6 is 23.7 Å². The number of nitrogens with one attached hydrogen (secondary N) is 2. The Morgan fingerprint density at radius 1 is 1.40 bits per heavy atom. The molecule has 1 saturated heterocycles. The average molecular weight is 387 g/mol. The van der Waals surface area contributed by atoms with Crippen LogP contribution in [0.15, 0.2) is 0 Å². The van der Waals surface area contributed by atoms with E-state index in [1.165, 1.54) is 11.3 Å². The molecule has 0 radical (unpaired) electrons. The maximum Gasteiger partial charge on any atom is 0.261 e. The zero-order valence-electron chi connectivity index (χ0n) is 14.5. The van der Waals surface area contributed by atoms with Crippen LogP contribution in [-0.4, -0.2) is 49.2 Å². The molecule has 0 aromatic carbocycles. The van der Waals surface area contributed by atoms with E-state index in [0.717, 1.165) is 35.2 Å². The van der Waals surface area contributed by atoms with Crippen molar-refractivity contribution in [2.24, 2.45) is 0 Å². The number of thiophene rings is 1. The highest BCUT2D eigenvalue weighted by molar-refractivity contribution is 7.20. The molecular weight excluding hydrogens is 364 g/mol. The van der Waals surface area contributed by atoms with Crippen molar-refractivity contribution in [1.82, 2.24) is 20.6 Å². The fourth-order valence-electron chi connectivity index (χ4n) is 2.93. The zero-order chi connectivity index (χ0) is 17.1. The van der Waals surface area contributed by atoms with E-state index in [4.69, 9.17) is 9.47 Å². The van der Waals surface area contributed by atoms with Crippen LogP contribution in [0.4, 0.5) is 0 Å². The van der Waals surface area contributed by atoms with Crippen molar-refractivity contribution in [3.8, 4) is 5.88 Å². The quantitative estimate of drug-likeness (QED) is 0.790. The minimum absolute atomic E-state index is 0. The van der Waals surface area contributed by atoms with Gasteiger partial charge in [0, 0.05) is 19.7 Å². The number of hydrogen-bond acceptors (Lipinski definition) is 7. The molecule has 9 heteroatoms. The number of halogens is 1. The van der Waals surface area contributed by atoms with Gasteiger partial charge in [0.15, 0.2) is 5.82 Å². The first-order chi connectivity index (χ1) is 11.6. The van der Waals surface area contributed by atoms with Gasteiger partial charge in [-0.05, 0) is 31.9 Å². The molecule has 1 atom stereocenters. The van der Waals surface area contributed by atoms with E-state index in [-0.39, 0.29) is 18.3 Å². The van der Waals surface area contributed by atoms with Crippen LogP contribution in [0, 0.1) is 6.92 Å². The second kappa shape index (κ2) is 8.75. The number of ether oxygens (including phenoxy) is 2. The SMILES string of the molecule is COCc1nc(OC)c2c(C)c(C(=O)NCC3CCCN3)sc2n1.Cl. The summed E-state index contributed by atoms with van der Waals surface area (Å²) < 4.78 is 10.5. The summed E-state index contributed by atoms with van der Waals surface area (Å²) in [4.78, 5) is 22.8. The van der Waals surface area contributed by atoms with E-state index in [2.05, 4.69) is 20.6 Å². The lowest BCUT2D eigenvalue weighted by Crippen LogP contribution is -2.37. The predicted octanol–water partition coefficient (Wildman–Crippen LogP) is 2.06.